The van der Waals surface area contributed by atoms with Crippen molar-refractivity contribution >= 4 is 11.8 Å². The van der Waals surface area contributed by atoms with Crippen LogP contribution in [0.3, 0.4) is 0 Å². The van der Waals surface area contributed by atoms with E-state index in [1.807, 2.05) is 35.1 Å². The third-order valence-corrected chi connectivity index (χ3v) is 4.93. The molecule has 0 amide bonds. The Balaban J connectivity index is 1.52. The quantitative estimate of drug-likeness (QED) is 0.725. The number of benzene rings is 1. The monoisotopic (exact) mass is 364 g/mol. The molecule has 7 nitrogen and oxygen atoms in total. The predicted octanol–water partition coefficient (Wildman–Crippen LogP) is 2.80. The van der Waals surface area contributed by atoms with Gasteiger partial charge in [-0.15, -0.1) is 0 Å². The van der Waals surface area contributed by atoms with E-state index in [0.29, 0.717) is 5.95 Å². The molecule has 1 aromatic carbocycles. The van der Waals surface area contributed by atoms with Crippen LogP contribution >= 0.6 is 0 Å². The molecule has 0 radical (unpaired) electrons. The van der Waals surface area contributed by atoms with E-state index in [1.165, 1.54) is 0 Å². The number of piperidine rings is 1. The van der Waals surface area contributed by atoms with Gasteiger partial charge in [-0.05, 0) is 43.5 Å². The van der Waals surface area contributed by atoms with Gasteiger partial charge < -0.3 is 15.3 Å². The van der Waals surface area contributed by atoms with Crippen molar-refractivity contribution in [3.05, 3.63) is 60.6 Å². The van der Waals surface area contributed by atoms with Crippen LogP contribution in [0.5, 0.6) is 0 Å². The molecule has 1 atom stereocenters. The van der Waals surface area contributed by atoms with Gasteiger partial charge in [0.05, 0.1) is 17.8 Å². The molecule has 0 saturated carbocycles. The molecule has 7 heteroatoms. The van der Waals surface area contributed by atoms with Crippen LogP contribution in [-0.4, -0.2) is 44.0 Å². The average molecular weight is 364 g/mol. The van der Waals surface area contributed by atoms with Crippen LogP contribution in [0.25, 0.3) is 5.69 Å². The van der Waals surface area contributed by atoms with Gasteiger partial charge in [0.25, 0.3) is 0 Å². The largest absolute Gasteiger partial charge is 0.393 e. The third-order valence-electron chi connectivity index (χ3n) is 4.93. The summed E-state index contributed by atoms with van der Waals surface area (Å²) >= 11 is 0. The molecule has 2 aromatic heterocycles. The Labute approximate surface area is 158 Å². The summed E-state index contributed by atoms with van der Waals surface area (Å²) in [6.07, 6.45) is 6.85. The number of rotatable bonds is 5. The van der Waals surface area contributed by atoms with Crippen molar-refractivity contribution < 1.29 is 5.11 Å². The van der Waals surface area contributed by atoms with Crippen molar-refractivity contribution in [2.45, 2.75) is 31.9 Å². The summed E-state index contributed by atoms with van der Waals surface area (Å²) < 4.78 is 1.86. The summed E-state index contributed by atoms with van der Waals surface area (Å²) in [6, 6.07) is 12.0. The zero-order valence-corrected chi connectivity index (χ0v) is 15.4. The van der Waals surface area contributed by atoms with Crippen LogP contribution in [-0.2, 0) is 0 Å². The maximum absolute atomic E-state index is 9.70. The lowest BCUT2D eigenvalue weighted by atomic mass is 10.1. The lowest BCUT2D eigenvalue weighted by Gasteiger charge is -2.30. The van der Waals surface area contributed by atoms with E-state index in [0.717, 1.165) is 43.0 Å². The van der Waals surface area contributed by atoms with Gasteiger partial charge in [-0.3, -0.25) is 0 Å². The zero-order chi connectivity index (χ0) is 18.6. The number of nitrogens with zero attached hydrogens (tertiary/aromatic N) is 5. The highest BCUT2D eigenvalue weighted by atomic mass is 16.3. The van der Waals surface area contributed by atoms with E-state index in [-0.39, 0.29) is 12.1 Å². The van der Waals surface area contributed by atoms with E-state index < -0.39 is 0 Å². The number of aliphatic hydroxyl groups excluding tert-OH is 1. The summed E-state index contributed by atoms with van der Waals surface area (Å²) in [5, 5.41) is 17.5. The zero-order valence-electron chi connectivity index (χ0n) is 15.4. The molecule has 1 saturated heterocycles. The van der Waals surface area contributed by atoms with Crippen LogP contribution in [0.2, 0.25) is 0 Å². The average Bonchev–Trinajstić information content (AvgIpc) is 3.23. The van der Waals surface area contributed by atoms with E-state index in [4.69, 9.17) is 0 Å². The molecule has 3 aromatic rings. The lowest BCUT2D eigenvalue weighted by Crippen LogP contribution is -2.36. The molecule has 27 heavy (non-hydrogen) atoms. The first-order valence-electron chi connectivity index (χ1n) is 9.32. The summed E-state index contributed by atoms with van der Waals surface area (Å²) in [6.45, 7) is 3.72. The molecule has 2 N–H and O–H groups in total. The molecule has 140 valence electrons. The SMILES string of the molecule is CC(Nc1nccc(N2CCC(O)CC2)n1)c1ccccc1-n1cccn1. The lowest BCUT2D eigenvalue weighted by molar-refractivity contribution is 0.145. The second kappa shape index (κ2) is 7.75. The first kappa shape index (κ1) is 17.5. The number of hydrogen-bond donors (Lipinski definition) is 2. The number of anilines is 2. The molecule has 0 spiro atoms. The van der Waals surface area contributed by atoms with Gasteiger partial charge in [0, 0.05) is 31.7 Å². The van der Waals surface area contributed by atoms with Crippen LogP contribution in [0, 0.1) is 0 Å². The Morgan fingerprint density at radius 3 is 2.70 bits per heavy atom. The van der Waals surface area contributed by atoms with Crippen LogP contribution in [0.4, 0.5) is 11.8 Å². The van der Waals surface area contributed by atoms with Gasteiger partial charge in [-0.1, -0.05) is 18.2 Å². The normalized spacial score (nSPS) is 16.3. The highest BCUT2D eigenvalue weighted by Gasteiger charge is 2.19. The molecule has 1 fully saturated rings. The van der Waals surface area contributed by atoms with E-state index in [9.17, 15) is 5.11 Å². The smallest absolute Gasteiger partial charge is 0.225 e. The molecule has 1 aliphatic rings. The van der Waals surface area contributed by atoms with Gasteiger partial charge in [0.15, 0.2) is 0 Å². The van der Waals surface area contributed by atoms with Gasteiger partial charge in [0.2, 0.25) is 5.95 Å². The molecule has 1 unspecified atom stereocenters. The molecular weight excluding hydrogens is 340 g/mol. The summed E-state index contributed by atoms with van der Waals surface area (Å²) in [4.78, 5) is 11.3. The fourth-order valence-corrected chi connectivity index (χ4v) is 3.43. The number of para-hydroxylation sites is 1. The Bertz CT molecular complexity index is 874. The van der Waals surface area contributed by atoms with Crippen molar-refractivity contribution in [1.29, 1.82) is 0 Å². The number of hydrogen-bond acceptors (Lipinski definition) is 6. The fourth-order valence-electron chi connectivity index (χ4n) is 3.43. The maximum Gasteiger partial charge on any atom is 0.225 e. The first-order valence-corrected chi connectivity index (χ1v) is 9.32. The maximum atomic E-state index is 9.70. The van der Waals surface area contributed by atoms with Crippen molar-refractivity contribution in [2.75, 3.05) is 23.3 Å². The van der Waals surface area contributed by atoms with E-state index >= 15 is 0 Å². The molecular formula is C20H24N6O. The number of aromatic nitrogens is 4. The van der Waals surface area contributed by atoms with Crippen molar-refractivity contribution in [3.8, 4) is 5.69 Å². The Morgan fingerprint density at radius 2 is 1.93 bits per heavy atom. The first-order chi connectivity index (χ1) is 13.2. The molecule has 0 aliphatic carbocycles. The molecule has 3 heterocycles. The Hall–Kier alpha value is -2.93. The third kappa shape index (κ3) is 3.93. The van der Waals surface area contributed by atoms with Gasteiger partial charge in [-0.25, -0.2) is 9.67 Å². The van der Waals surface area contributed by atoms with Gasteiger partial charge >= 0.3 is 0 Å². The van der Waals surface area contributed by atoms with Crippen LogP contribution in [0.1, 0.15) is 31.4 Å². The highest BCUT2D eigenvalue weighted by Crippen LogP contribution is 2.25. The van der Waals surface area contributed by atoms with Crippen LogP contribution in [0.15, 0.2) is 55.0 Å². The number of nitrogens with one attached hydrogen (secondary N) is 1. The highest BCUT2D eigenvalue weighted by molar-refractivity contribution is 5.47. The van der Waals surface area contributed by atoms with E-state index in [1.54, 1.807) is 12.4 Å². The Morgan fingerprint density at radius 1 is 1.11 bits per heavy atom. The van der Waals surface area contributed by atoms with Crippen molar-refractivity contribution in [3.63, 3.8) is 0 Å². The topological polar surface area (TPSA) is 79.1 Å². The van der Waals surface area contributed by atoms with Crippen LogP contribution < -0.4 is 10.2 Å². The van der Waals surface area contributed by atoms with Gasteiger partial charge in [-0.2, -0.15) is 10.1 Å². The fraction of sp³-hybridized carbons (Fsp3) is 0.350. The second-order valence-electron chi connectivity index (χ2n) is 6.83. The van der Waals surface area contributed by atoms with E-state index in [2.05, 4.69) is 44.3 Å². The minimum absolute atomic E-state index is 0.0174. The molecule has 0 bridgehead atoms. The summed E-state index contributed by atoms with van der Waals surface area (Å²) in [7, 11) is 0. The predicted molar refractivity (Wildman–Crippen MR) is 105 cm³/mol. The molecule has 1 aliphatic heterocycles. The summed E-state index contributed by atoms with van der Waals surface area (Å²) in [5.41, 5.74) is 2.15. The summed E-state index contributed by atoms with van der Waals surface area (Å²) in [5.74, 6) is 1.49. The molecule has 4 rings (SSSR count). The minimum atomic E-state index is -0.195. The number of aliphatic hydroxyl groups is 1. The standard InChI is InChI=1S/C20H24N6O/c1-15(17-5-2-3-6-18(17)26-12-4-10-22-26)23-20-21-11-7-19(24-20)25-13-8-16(27)9-14-25/h2-7,10-12,15-16,27H,8-9,13-14H2,1H3,(H,21,23,24). The van der Waals surface area contributed by atoms with Crippen molar-refractivity contribution in [1.82, 2.24) is 19.7 Å². The Kier molecular flexibility index (Phi) is 5.02. The van der Waals surface area contributed by atoms with Crippen molar-refractivity contribution in [2.24, 2.45) is 0 Å². The van der Waals surface area contributed by atoms with Gasteiger partial charge in [0.1, 0.15) is 5.82 Å². The minimum Gasteiger partial charge on any atom is -0.393 e. The second-order valence-corrected chi connectivity index (χ2v) is 6.83.